The first-order valence-electron chi connectivity index (χ1n) is 4.56. The fraction of sp³-hybridized carbons (Fsp3) is 0.600. The van der Waals surface area contributed by atoms with Crippen molar-refractivity contribution in [2.45, 2.75) is 33.1 Å². The van der Waals surface area contributed by atoms with E-state index in [1.165, 1.54) is 0 Å². The third kappa shape index (κ3) is 1.31. The fourth-order valence-electron chi connectivity index (χ4n) is 1.98. The highest BCUT2D eigenvalue weighted by Crippen LogP contribution is 2.41. The highest BCUT2D eigenvalue weighted by atomic mass is 16.4. The molecule has 0 aromatic carbocycles. The Bertz CT molecular complexity index is 300. The molecule has 0 fully saturated rings. The van der Waals surface area contributed by atoms with Crippen molar-refractivity contribution in [2.24, 2.45) is 5.41 Å². The predicted octanol–water partition coefficient (Wildman–Crippen LogP) is 1.66. The first kappa shape index (κ1) is 10.8. The van der Waals surface area contributed by atoms with Gasteiger partial charge in [-0.25, -0.2) is 0 Å². The van der Waals surface area contributed by atoms with Crippen molar-refractivity contribution in [1.82, 2.24) is 0 Å². The molecule has 0 unspecified atom stereocenters. The van der Waals surface area contributed by atoms with E-state index in [1.54, 1.807) is 13.8 Å². The highest BCUT2D eigenvalue weighted by molar-refractivity contribution is 6.02. The van der Waals surface area contributed by atoms with Crippen LogP contribution in [0.15, 0.2) is 11.1 Å². The van der Waals surface area contributed by atoms with E-state index in [9.17, 15) is 9.59 Å². The monoisotopic (exact) mass is 198 g/mol. The summed E-state index contributed by atoms with van der Waals surface area (Å²) in [7, 11) is 0. The SMILES string of the molecule is CC1=C(C)C(C(=O)O)(C(=O)O)CCC1. The summed E-state index contributed by atoms with van der Waals surface area (Å²) < 4.78 is 0. The fourth-order valence-corrected chi connectivity index (χ4v) is 1.98. The van der Waals surface area contributed by atoms with Gasteiger partial charge >= 0.3 is 11.9 Å². The Morgan fingerprint density at radius 2 is 1.71 bits per heavy atom. The second-order valence-electron chi connectivity index (χ2n) is 3.77. The second-order valence-corrected chi connectivity index (χ2v) is 3.77. The predicted molar refractivity (Wildman–Crippen MR) is 49.9 cm³/mol. The molecule has 0 spiro atoms. The normalized spacial score (nSPS) is 20.7. The molecule has 1 aliphatic rings. The molecule has 0 bridgehead atoms. The van der Waals surface area contributed by atoms with Crippen LogP contribution in [0.5, 0.6) is 0 Å². The van der Waals surface area contributed by atoms with Gasteiger partial charge < -0.3 is 10.2 Å². The third-order valence-electron chi connectivity index (χ3n) is 3.11. The molecule has 78 valence electrons. The van der Waals surface area contributed by atoms with Crippen LogP contribution in [0.3, 0.4) is 0 Å². The van der Waals surface area contributed by atoms with Crippen LogP contribution in [0.4, 0.5) is 0 Å². The van der Waals surface area contributed by atoms with E-state index >= 15 is 0 Å². The molecule has 0 aromatic rings. The summed E-state index contributed by atoms with van der Waals surface area (Å²) in [6, 6.07) is 0. The van der Waals surface area contributed by atoms with Gasteiger partial charge in [-0.05, 0) is 38.7 Å². The Morgan fingerprint density at radius 1 is 1.21 bits per heavy atom. The molecule has 0 aromatic heterocycles. The highest BCUT2D eigenvalue weighted by Gasteiger charge is 2.49. The van der Waals surface area contributed by atoms with Gasteiger partial charge in [-0.3, -0.25) is 9.59 Å². The van der Waals surface area contributed by atoms with E-state index in [-0.39, 0.29) is 6.42 Å². The van der Waals surface area contributed by atoms with Gasteiger partial charge in [0.05, 0.1) is 0 Å². The molecule has 0 saturated heterocycles. The molecule has 1 aliphatic carbocycles. The first-order valence-corrected chi connectivity index (χ1v) is 4.56. The summed E-state index contributed by atoms with van der Waals surface area (Å²) in [5.74, 6) is -2.50. The molecule has 1 rings (SSSR count). The van der Waals surface area contributed by atoms with Crippen LogP contribution in [0.25, 0.3) is 0 Å². The quantitative estimate of drug-likeness (QED) is 0.522. The van der Waals surface area contributed by atoms with Crippen LogP contribution in [0.2, 0.25) is 0 Å². The van der Waals surface area contributed by atoms with Crippen LogP contribution in [0, 0.1) is 5.41 Å². The van der Waals surface area contributed by atoms with Gasteiger partial charge in [-0.15, -0.1) is 0 Å². The van der Waals surface area contributed by atoms with E-state index < -0.39 is 17.4 Å². The van der Waals surface area contributed by atoms with Crippen molar-refractivity contribution < 1.29 is 19.8 Å². The molecule has 0 aliphatic heterocycles. The first-order chi connectivity index (χ1) is 6.43. The van der Waals surface area contributed by atoms with Crippen LogP contribution >= 0.6 is 0 Å². The Kier molecular flexibility index (Phi) is 2.64. The van der Waals surface area contributed by atoms with E-state index in [0.29, 0.717) is 12.0 Å². The van der Waals surface area contributed by atoms with Crippen molar-refractivity contribution in [1.29, 1.82) is 0 Å². The second kappa shape index (κ2) is 3.44. The number of hydrogen-bond donors (Lipinski definition) is 2. The lowest BCUT2D eigenvalue weighted by atomic mass is 9.70. The van der Waals surface area contributed by atoms with Crippen molar-refractivity contribution in [3.05, 3.63) is 11.1 Å². The van der Waals surface area contributed by atoms with Gasteiger partial charge in [0.15, 0.2) is 5.41 Å². The standard InChI is InChI=1S/C10H14O4/c1-6-4-3-5-10(7(6)2,8(11)12)9(13)14/h3-5H2,1-2H3,(H,11,12)(H,13,14). The maximum absolute atomic E-state index is 11.1. The number of carboxylic acid groups (broad SMARTS) is 2. The molecule has 4 heteroatoms. The molecule has 0 amide bonds. The zero-order chi connectivity index (χ0) is 10.9. The summed E-state index contributed by atoms with van der Waals surface area (Å²) in [6.45, 7) is 3.41. The van der Waals surface area contributed by atoms with Gasteiger partial charge in [-0.2, -0.15) is 0 Å². The lowest BCUT2D eigenvalue weighted by Crippen LogP contribution is -2.42. The molecular weight excluding hydrogens is 184 g/mol. The summed E-state index contributed by atoms with van der Waals surface area (Å²) in [5.41, 5.74) is -0.299. The lowest BCUT2D eigenvalue weighted by Gasteiger charge is -2.31. The molecule has 0 saturated carbocycles. The van der Waals surface area contributed by atoms with E-state index in [2.05, 4.69) is 0 Å². The third-order valence-corrected chi connectivity index (χ3v) is 3.11. The summed E-state index contributed by atoms with van der Waals surface area (Å²) in [5, 5.41) is 18.1. The van der Waals surface area contributed by atoms with Crippen molar-refractivity contribution in [3.63, 3.8) is 0 Å². The average molecular weight is 198 g/mol. The van der Waals surface area contributed by atoms with Crippen molar-refractivity contribution in [3.8, 4) is 0 Å². The maximum atomic E-state index is 11.1. The summed E-state index contributed by atoms with van der Waals surface area (Å²) >= 11 is 0. The molecule has 2 N–H and O–H groups in total. The van der Waals surface area contributed by atoms with E-state index in [0.717, 1.165) is 12.0 Å². The van der Waals surface area contributed by atoms with Gasteiger partial charge in [-0.1, -0.05) is 5.57 Å². The minimum atomic E-state index is -1.68. The average Bonchev–Trinajstić information content (AvgIpc) is 2.08. The maximum Gasteiger partial charge on any atom is 0.325 e. The zero-order valence-electron chi connectivity index (χ0n) is 8.33. The number of carbonyl (C=O) groups is 2. The van der Waals surface area contributed by atoms with Crippen LogP contribution < -0.4 is 0 Å². The molecule has 14 heavy (non-hydrogen) atoms. The molecule has 0 heterocycles. The van der Waals surface area contributed by atoms with Crippen molar-refractivity contribution >= 4 is 11.9 Å². The molecule has 0 radical (unpaired) electrons. The number of rotatable bonds is 2. The Hall–Kier alpha value is -1.32. The van der Waals surface area contributed by atoms with Gasteiger partial charge in [0.1, 0.15) is 0 Å². The van der Waals surface area contributed by atoms with Gasteiger partial charge in [0.2, 0.25) is 0 Å². The van der Waals surface area contributed by atoms with Gasteiger partial charge in [0.25, 0.3) is 0 Å². The Balaban J connectivity index is 3.30. The number of hydrogen-bond acceptors (Lipinski definition) is 2. The van der Waals surface area contributed by atoms with E-state index in [1.807, 2.05) is 0 Å². The molecular formula is C10H14O4. The Morgan fingerprint density at radius 3 is 2.07 bits per heavy atom. The van der Waals surface area contributed by atoms with Crippen LogP contribution in [0.1, 0.15) is 33.1 Å². The topological polar surface area (TPSA) is 74.6 Å². The smallest absolute Gasteiger partial charge is 0.325 e. The largest absolute Gasteiger partial charge is 0.480 e. The minimum Gasteiger partial charge on any atom is -0.480 e. The number of aliphatic carboxylic acids is 2. The van der Waals surface area contributed by atoms with Crippen LogP contribution in [-0.4, -0.2) is 22.2 Å². The summed E-state index contributed by atoms with van der Waals surface area (Å²) in [4.78, 5) is 22.1. The van der Waals surface area contributed by atoms with E-state index in [4.69, 9.17) is 10.2 Å². The minimum absolute atomic E-state index is 0.195. The van der Waals surface area contributed by atoms with Crippen molar-refractivity contribution in [2.75, 3.05) is 0 Å². The molecule has 4 nitrogen and oxygen atoms in total. The Labute approximate surface area is 82.2 Å². The summed E-state index contributed by atoms with van der Waals surface area (Å²) in [6.07, 6.45) is 1.62. The van der Waals surface area contributed by atoms with Gasteiger partial charge in [0, 0.05) is 0 Å². The van der Waals surface area contributed by atoms with Crippen LogP contribution in [-0.2, 0) is 9.59 Å². The molecule has 0 atom stereocenters. The zero-order valence-corrected chi connectivity index (χ0v) is 8.33. The lowest BCUT2D eigenvalue weighted by molar-refractivity contribution is -0.162. The number of allylic oxidation sites excluding steroid dienone is 1. The number of carboxylic acids is 2.